The standard InChI is InChI=1S/C22H29N5O/c1-15-9-12-23-18(13-15)20-24-17-8-6-7-16(17)21(25-20)27(3)14-19(28)26-22(2)10-4-5-11-22/h9,12-13H,4-8,10-11,14H2,1-3H3,(H,26,28). The smallest absolute Gasteiger partial charge is 0.239 e. The van der Waals surface area contributed by atoms with E-state index in [1.807, 2.05) is 31.0 Å². The van der Waals surface area contributed by atoms with Crippen molar-refractivity contribution >= 4 is 11.7 Å². The zero-order chi connectivity index (χ0) is 19.7. The van der Waals surface area contributed by atoms with E-state index in [0.29, 0.717) is 12.4 Å². The van der Waals surface area contributed by atoms with E-state index in [-0.39, 0.29) is 11.4 Å². The van der Waals surface area contributed by atoms with Crippen molar-refractivity contribution in [1.29, 1.82) is 0 Å². The molecule has 2 aromatic rings. The van der Waals surface area contributed by atoms with Crippen molar-refractivity contribution in [1.82, 2.24) is 20.3 Å². The lowest BCUT2D eigenvalue weighted by Gasteiger charge is -2.27. The van der Waals surface area contributed by atoms with Crippen molar-refractivity contribution in [2.75, 3.05) is 18.5 Å². The molecule has 0 aromatic carbocycles. The van der Waals surface area contributed by atoms with E-state index in [4.69, 9.17) is 9.97 Å². The number of nitrogens with one attached hydrogen (secondary N) is 1. The number of hydrogen-bond donors (Lipinski definition) is 1. The second-order valence-corrected chi connectivity index (χ2v) is 8.54. The van der Waals surface area contributed by atoms with E-state index in [9.17, 15) is 4.79 Å². The summed E-state index contributed by atoms with van der Waals surface area (Å²) in [7, 11) is 1.95. The van der Waals surface area contributed by atoms with Crippen LogP contribution in [0.4, 0.5) is 5.82 Å². The van der Waals surface area contributed by atoms with Crippen LogP contribution in [0.15, 0.2) is 18.3 Å². The Bertz CT molecular complexity index is 888. The van der Waals surface area contributed by atoms with Crippen LogP contribution in [-0.2, 0) is 17.6 Å². The van der Waals surface area contributed by atoms with Gasteiger partial charge in [-0.15, -0.1) is 0 Å². The Balaban J connectivity index is 1.58. The van der Waals surface area contributed by atoms with Crippen LogP contribution in [0.2, 0.25) is 0 Å². The van der Waals surface area contributed by atoms with Crippen LogP contribution in [0.25, 0.3) is 11.5 Å². The van der Waals surface area contributed by atoms with Gasteiger partial charge in [-0.05, 0) is 63.6 Å². The molecule has 1 fully saturated rings. The summed E-state index contributed by atoms with van der Waals surface area (Å²) in [5.74, 6) is 1.58. The normalized spacial score (nSPS) is 17.4. The number of likely N-dealkylation sites (N-methyl/N-ethyl adjacent to an activating group) is 1. The van der Waals surface area contributed by atoms with Crippen LogP contribution in [0.3, 0.4) is 0 Å². The largest absolute Gasteiger partial charge is 0.350 e. The monoisotopic (exact) mass is 379 g/mol. The first-order valence-corrected chi connectivity index (χ1v) is 10.3. The third-order valence-electron chi connectivity index (χ3n) is 5.95. The number of rotatable bonds is 5. The zero-order valence-electron chi connectivity index (χ0n) is 17.1. The lowest BCUT2D eigenvalue weighted by molar-refractivity contribution is -0.121. The topological polar surface area (TPSA) is 71.0 Å². The molecule has 1 amide bonds. The summed E-state index contributed by atoms with van der Waals surface area (Å²) in [5.41, 5.74) is 4.14. The second kappa shape index (κ2) is 7.49. The molecule has 0 radical (unpaired) electrons. The number of aryl methyl sites for hydroxylation is 2. The molecule has 0 spiro atoms. The summed E-state index contributed by atoms with van der Waals surface area (Å²) in [6.45, 7) is 4.50. The first-order chi connectivity index (χ1) is 13.4. The summed E-state index contributed by atoms with van der Waals surface area (Å²) in [6, 6.07) is 3.98. The fourth-order valence-electron chi connectivity index (χ4n) is 4.45. The summed E-state index contributed by atoms with van der Waals surface area (Å²) in [5, 5.41) is 3.24. The molecule has 2 aliphatic rings. The summed E-state index contributed by atoms with van der Waals surface area (Å²) in [4.78, 5) is 28.7. The van der Waals surface area contributed by atoms with Crippen LogP contribution < -0.4 is 10.2 Å². The van der Waals surface area contributed by atoms with Crippen LogP contribution in [0.1, 0.15) is 55.8 Å². The maximum absolute atomic E-state index is 12.7. The van der Waals surface area contributed by atoms with E-state index in [0.717, 1.165) is 54.9 Å². The van der Waals surface area contributed by atoms with Crippen LogP contribution in [-0.4, -0.2) is 40.0 Å². The second-order valence-electron chi connectivity index (χ2n) is 8.54. The van der Waals surface area contributed by atoms with Gasteiger partial charge in [0.25, 0.3) is 0 Å². The summed E-state index contributed by atoms with van der Waals surface area (Å²) in [6.07, 6.45) is 9.32. The van der Waals surface area contributed by atoms with Gasteiger partial charge in [-0.3, -0.25) is 9.78 Å². The number of fused-ring (bicyclic) bond motifs is 1. The third kappa shape index (κ3) is 3.86. The Hall–Kier alpha value is -2.50. The van der Waals surface area contributed by atoms with Gasteiger partial charge < -0.3 is 10.2 Å². The molecule has 0 aliphatic heterocycles. The Morgan fingerprint density at radius 1 is 1.21 bits per heavy atom. The molecule has 4 rings (SSSR count). The van der Waals surface area contributed by atoms with Gasteiger partial charge in [0, 0.05) is 30.0 Å². The molecule has 6 heteroatoms. The lowest BCUT2D eigenvalue weighted by Crippen LogP contribution is -2.47. The first kappa shape index (κ1) is 18.8. The molecular formula is C22H29N5O. The van der Waals surface area contributed by atoms with Gasteiger partial charge in [0.2, 0.25) is 5.91 Å². The number of pyridine rings is 1. The molecule has 1 N–H and O–H groups in total. The fourth-order valence-corrected chi connectivity index (χ4v) is 4.45. The van der Waals surface area contributed by atoms with E-state index < -0.39 is 0 Å². The molecule has 28 heavy (non-hydrogen) atoms. The van der Waals surface area contributed by atoms with Gasteiger partial charge >= 0.3 is 0 Å². The first-order valence-electron chi connectivity index (χ1n) is 10.3. The minimum Gasteiger partial charge on any atom is -0.350 e. The van der Waals surface area contributed by atoms with Gasteiger partial charge in [0.15, 0.2) is 5.82 Å². The van der Waals surface area contributed by atoms with Crippen molar-refractivity contribution in [3.63, 3.8) is 0 Å². The fraction of sp³-hybridized carbons (Fsp3) is 0.545. The van der Waals surface area contributed by atoms with E-state index in [2.05, 4.69) is 17.2 Å². The van der Waals surface area contributed by atoms with Gasteiger partial charge in [0.1, 0.15) is 11.5 Å². The highest BCUT2D eigenvalue weighted by Crippen LogP contribution is 2.31. The molecule has 0 unspecified atom stereocenters. The average molecular weight is 380 g/mol. The number of nitrogens with zero attached hydrogens (tertiary/aromatic N) is 4. The van der Waals surface area contributed by atoms with Crippen LogP contribution in [0, 0.1) is 6.92 Å². The minimum absolute atomic E-state index is 0.0534. The average Bonchev–Trinajstić information content (AvgIpc) is 3.29. The Kier molecular flexibility index (Phi) is 5.04. The molecule has 1 saturated carbocycles. The highest BCUT2D eigenvalue weighted by molar-refractivity contribution is 5.82. The maximum atomic E-state index is 12.7. The molecule has 2 aromatic heterocycles. The predicted octanol–water partition coefficient (Wildman–Crippen LogP) is 3.22. The number of aromatic nitrogens is 3. The number of hydrogen-bond acceptors (Lipinski definition) is 5. The molecule has 0 atom stereocenters. The molecule has 6 nitrogen and oxygen atoms in total. The van der Waals surface area contributed by atoms with Gasteiger partial charge in [-0.1, -0.05) is 12.8 Å². The summed E-state index contributed by atoms with van der Waals surface area (Å²) >= 11 is 0. The van der Waals surface area contributed by atoms with E-state index in [1.165, 1.54) is 18.4 Å². The van der Waals surface area contributed by atoms with Gasteiger partial charge in [-0.2, -0.15) is 0 Å². The van der Waals surface area contributed by atoms with Crippen molar-refractivity contribution in [2.45, 2.75) is 64.3 Å². The lowest BCUT2D eigenvalue weighted by atomic mass is 10.0. The molecule has 2 aliphatic carbocycles. The van der Waals surface area contributed by atoms with E-state index in [1.54, 1.807) is 6.20 Å². The van der Waals surface area contributed by atoms with Crippen molar-refractivity contribution < 1.29 is 4.79 Å². The molecule has 0 bridgehead atoms. The van der Waals surface area contributed by atoms with Gasteiger partial charge in [0.05, 0.1) is 6.54 Å². The van der Waals surface area contributed by atoms with Crippen LogP contribution >= 0.6 is 0 Å². The molecule has 0 saturated heterocycles. The van der Waals surface area contributed by atoms with Crippen molar-refractivity contribution in [3.8, 4) is 11.5 Å². The Labute approximate surface area is 166 Å². The molecular weight excluding hydrogens is 350 g/mol. The SMILES string of the molecule is Cc1ccnc(-c2nc3c(c(N(C)CC(=O)NC4(C)CCCC4)n2)CCC3)c1. The minimum atomic E-state index is -0.0534. The van der Waals surface area contributed by atoms with Crippen LogP contribution in [0.5, 0.6) is 0 Å². The van der Waals surface area contributed by atoms with Crippen molar-refractivity contribution in [3.05, 3.63) is 35.2 Å². The van der Waals surface area contributed by atoms with E-state index >= 15 is 0 Å². The number of anilines is 1. The Morgan fingerprint density at radius 2 is 2.00 bits per heavy atom. The quantitative estimate of drug-likeness (QED) is 0.864. The highest BCUT2D eigenvalue weighted by Gasteiger charge is 2.31. The molecule has 2 heterocycles. The number of amides is 1. The third-order valence-corrected chi connectivity index (χ3v) is 5.95. The predicted molar refractivity (Wildman–Crippen MR) is 110 cm³/mol. The highest BCUT2D eigenvalue weighted by atomic mass is 16.2. The van der Waals surface area contributed by atoms with Crippen molar-refractivity contribution in [2.24, 2.45) is 0 Å². The zero-order valence-corrected chi connectivity index (χ0v) is 17.1. The van der Waals surface area contributed by atoms with Gasteiger partial charge in [-0.25, -0.2) is 9.97 Å². The molecule has 148 valence electrons. The maximum Gasteiger partial charge on any atom is 0.239 e. The number of carbonyl (C=O) groups is 1. The summed E-state index contributed by atoms with van der Waals surface area (Å²) < 4.78 is 0. The number of carbonyl (C=O) groups excluding carboxylic acids is 1. The Morgan fingerprint density at radius 3 is 2.75 bits per heavy atom.